The van der Waals surface area contributed by atoms with Crippen molar-refractivity contribution in [2.24, 2.45) is 5.92 Å². The van der Waals surface area contributed by atoms with Gasteiger partial charge in [-0.15, -0.1) is 0 Å². The molecule has 0 radical (unpaired) electrons. The fourth-order valence-corrected chi connectivity index (χ4v) is 2.61. The van der Waals surface area contributed by atoms with Crippen molar-refractivity contribution in [3.8, 4) is 0 Å². The van der Waals surface area contributed by atoms with Crippen LogP contribution in [0.3, 0.4) is 0 Å². The summed E-state index contributed by atoms with van der Waals surface area (Å²) in [6, 6.07) is 9.69. The first-order valence-corrected chi connectivity index (χ1v) is 5.52. The predicted octanol–water partition coefficient (Wildman–Crippen LogP) is 2.78. The average molecular weight is 222 g/mol. The molecule has 0 spiro atoms. The molecule has 1 saturated carbocycles. The number of hydrogen-bond acceptors (Lipinski definition) is 1. The van der Waals surface area contributed by atoms with Gasteiger partial charge >= 0.3 is 5.97 Å². The molecule has 3 heteroatoms. The van der Waals surface area contributed by atoms with E-state index in [1.54, 1.807) is 0 Å². The van der Waals surface area contributed by atoms with Crippen LogP contribution in [0.25, 0.3) is 0 Å². The van der Waals surface area contributed by atoms with Crippen LogP contribution in [0.5, 0.6) is 0 Å². The lowest BCUT2D eigenvalue weighted by atomic mass is 9.57. The highest BCUT2D eigenvalue weighted by Crippen LogP contribution is 2.50. The van der Waals surface area contributed by atoms with Crippen LogP contribution < -0.4 is 0 Å². The molecule has 0 saturated heterocycles. The average Bonchev–Trinajstić information content (AvgIpc) is 2.23. The third-order valence-corrected chi connectivity index (χ3v) is 3.58. The summed E-state index contributed by atoms with van der Waals surface area (Å²) in [6.45, 7) is -0.388. The van der Waals surface area contributed by atoms with Gasteiger partial charge < -0.3 is 5.11 Å². The molecule has 0 heterocycles. The Labute approximate surface area is 94.1 Å². The molecule has 1 N–H and O–H groups in total. The second-order valence-electron chi connectivity index (χ2n) is 4.53. The third kappa shape index (κ3) is 1.82. The fraction of sp³-hybridized carbons (Fsp3) is 0.462. The zero-order valence-corrected chi connectivity index (χ0v) is 9.03. The molecule has 1 aromatic rings. The highest BCUT2D eigenvalue weighted by atomic mass is 19.1. The van der Waals surface area contributed by atoms with Crippen molar-refractivity contribution in [3.05, 3.63) is 35.9 Å². The number of aliphatic carboxylic acids is 1. The van der Waals surface area contributed by atoms with Crippen molar-refractivity contribution in [2.45, 2.75) is 24.7 Å². The second-order valence-corrected chi connectivity index (χ2v) is 4.53. The van der Waals surface area contributed by atoms with Crippen molar-refractivity contribution in [1.29, 1.82) is 0 Å². The third-order valence-electron chi connectivity index (χ3n) is 3.58. The second kappa shape index (κ2) is 4.24. The summed E-state index contributed by atoms with van der Waals surface area (Å²) in [5.74, 6) is -1.06. The highest BCUT2D eigenvalue weighted by molar-refractivity contribution is 5.72. The van der Waals surface area contributed by atoms with Crippen molar-refractivity contribution in [2.75, 3.05) is 6.67 Å². The molecule has 0 aliphatic heterocycles. The van der Waals surface area contributed by atoms with Gasteiger partial charge in [-0.1, -0.05) is 30.3 Å². The van der Waals surface area contributed by atoms with E-state index in [4.69, 9.17) is 5.11 Å². The van der Waals surface area contributed by atoms with E-state index < -0.39 is 5.97 Å². The number of hydrogen-bond donors (Lipinski definition) is 1. The molecule has 86 valence electrons. The molecule has 16 heavy (non-hydrogen) atoms. The summed E-state index contributed by atoms with van der Waals surface area (Å²) < 4.78 is 12.6. The zero-order valence-electron chi connectivity index (χ0n) is 9.03. The number of carboxylic acids is 1. The molecule has 1 fully saturated rings. The zero-order chi connectivity index (χ0) is 11.6. The van der Waals surface area contributed by atoms with Crippen LogP contribution in [0.4, 0.5) is 4.39 Å². The molecule has 2 nitrogen and oxygen atoms in total. The van der Waals surface area contributed by atoms with Gasteiger partial charge in [-0.3, -0.25) is 9.18 Å². The SMILES string of the molecule is O=C(O)C1CC(CCF)(c2ccccc2)C1. The summed E-state index contributed by atoms with van der Waals surface area (Å²) in [5, 5.41) is 8.89. The van der Waals surface area contributed by atoms with E-state index in [1.165, 1.54) is 0 Å². The number of alkyl halides is 1. The lowest BCUT2D eigenvalue weighted by molar-refractivity contribution is -0.147. The van der Waals surface area contributed by atoms with Gasteiger partial charge in [-0.05, 0) is 30.2 Å². The van der Waals surface area contributed by atoms with Crippen LogP contribution in [0.15, 0.2) is 30.3 Å². The first kappa shape index (κ1) is 11.1. The van der Waals surface area contributed by atoms with E-state index in [0.29, 0.717) is 19.3 Å². The standard InChI is InChI=1S/C13H15FO2/c14-7-6-13(8-10(9-13)12(15)16)11-4-2-1-3-5-11/h1-5,10H,6-9H2,(H,15,16). The molecular formula is C13H15FO2. The topological polar surface area (TPSA) is 37.3 Å². The first-order chi connectivity index (χ1) is 7.68. The summed E-state index contributed by atoms with van der Waals surface area (Å²) in [5.41, 5.74) is 0.837. The van der Waals surface area contributed by atoms with Gasteiger partial charge in [0.25, 0.3) is 0 Å². The van der Waals surface area contributed by atoms with Crippen molar-refractivity contribution in [3.63, 3.8) is 0 Å². The molecule has 0 aromatic heterocycles. The molecule has 0 unspecified atom stereocenters. The monoisotopic (exact) mass is 222 g/mol. The maximum atomic E-state index is 12.6. The number of rotatable bonds is 4. The van der Waals surface area contributed by atoms with Gasteiger partial charge in [0, 0.05) is 0 Å². The van der Waals surface area contributed by atoms with Gasteiger partial charge in [-0.25, -0.2) is 0 Å². The number of carboxylic acid groups (broad SMARTS) is 1. The number of carbonyl (C=O) groups is 1. The van der Waals surface area contributed by atoms with Gasteiger partial charge in [0.1, 0.15) is 0 Å². The van der Waals surface area contributed by atoms with E-state index in [2.05, 4.69) is 0 Å². The molecule has 0 bridgehead atoms. The van der Waals surface area contributed by atoms with Gasteiger partial charge in [-0.2, -0.15) is 0 Å². The van der Waals surface area contributed by atoms with Crippen molar-refractivity contribution >= 4 is 5.97 Å². The molecule has 0 atom stereocenters. The van der Waals surface area contributed by atoms with Crippen LogP contribution >= 0.6 is 0 Å². The quantitative estimate of drug-likeness (QED) is 0.850. The maximum absolute atomic E-state index is 12.6. The number of benzene rings is 1. The van der Waals surface area contributed by atoms with Crippen LogP contribution in [0.1, 0.15) is 24.8 Å². The predicted molar refractivity (Wildman–Crippen MR) is 59.1 cm³/mol. The molecule has 0 amide bonds. The van der Waals surface area contributed by atoms with Gasteiger partial charge in [0.15, 0.2) is 0 Å². The van der Waals surface area contributed by atoms with Crippen LogP contribution in [-0.2, 0) is 10.2 Å². The number of halogens is 1. The lowest BCUT2D eigenvalue weighted by Crippen LogP contribution is -2.45. The van der Waals surface area contributed by atoms with Gasteiger partial charge in [0.05, 0.1) is 12.6 Å². The minimum Gasteiger partial charge on any atom is -0.481 e. The van der Waals surface area contributed by atoms with Crippen molar-refractivity contribution in [1.82, 2.24) is 0 Å². The Bertz CT molecular complexity index is 369. The Morgan fingerprint density at radius 3 is 2.50 bits per heavy atom. The first-order valence-electron chi connectivity index (χ1n) is 5.52. The Morgan fingerprint density at radius 2 is 2.00 bits per heavy atom. The van der Waals surface area contributed by atoms with Crippen LogP contribution in [-0.4, -0.2) is 17.8 Å². The van der Waals surface area contributed by atoms with Gasteiger partial charge in [0.2, 0.25) is 0 Å². The van der Waals surface area contributed by atoms with Crippen LogP contribution in [0.2, 0.25) is 0 Å². The van der Waals surface area contributed by atoms with E-state index in [-0.39, 0.29) is 18.0 Å². The Balaban J connectivity index is 2.17. The summed E-state index contributed by atoms with van der Waals surface area (Å²) >= 11 is 0. The molecule has 1 aromatic carbocycles. The maximum Gasteiger partial charge on any atom is 0.306 e. The molecule has 1 aliphatic carbocycles. The molecular weight excluding hydrogens is 207 g/mol. The minimum atomic E-state index is -0.759. The Kier molecular flexibility index (Phi) is 2.95. The summed E-state index contributed by atoms with van der Waals surface area (Å²) in [7, 11) is 0. The minimum absolute atomic E-state index is 0.237. The Hall–Kier alpha value is -1.38. The highest BCUT2D eigenvalue weighted by Gasteiger charge is 2.48. The van der Waals surface area contributed by atoms with E-state index in [1.807, 2.05) is 30.3 Å². The summed E-state index contributed by atoms with van der Waals surface area (Å²) in [6.07, 6.45) is 1.56. The largest absolute Gasteiger partial charge is 0.481 e. The van der Waals surface area contributed by atoms with E-state index in [0.717, 1.165) is 5.56 Å². The van der Waals surface area contributed by atoms with E-state index in [9.17, 15) is 9.18 Å². The lowest BCUT2D eigenvalue weighted by Gasteiger charge is -2.46. The van der Waals surface area contributed by atoms with Crippen LogP contribution in [0, 0.1) is 5.92 Å². The Morgan fingerprint density at radius 1 is 1.38 bits per heavy atom. The van der Waals surface area contributed by atoms with Crippen molar-refractivity contribution < 1.29 is 14.3 Å². The smallest absolute Gasteiger partial charge is 0.306 e. The summed E-state index contributed by atoms with van der Waals surface area (Å²) in [4.78, 5) is 10.8. The fourth-order valence-electron chi connectivity index (χ4n) is 2.61. The molecule has 2 rings (SSSR count). The molecule has 1 aliphatic rings. The van der Waals surface area contributed by atoms with E-state index >= 15 is 0 Å². The normalized spacial score (nSPS) is 28.4.